The maximum absolute atomic E-state index is 14.2. The van der Waals surface area contributed by atoms with Crippen molar-refractivity contribution in [3.05, 3.63) is 35.6 Å². The molecule has 3 saturated heterocycles. The van der Waals surface area contributed by atoms with Gasteiger partial charge in [0.05, 0.1) is 24.2 Å². The Kier molecular flexibility index (Phi) is 4.56. The minimum atomic E-state index is -0.746. The van der Waals surface area contributed by atoms with Gasteiger partial charge in [0.25, 0.3) is 0 Å². The van der Waals surface area contributed by atoms with Gasteiger partial charge >= 0.3 is 0 Å². The van der Waals surface area contributed by atoms with Gasteiger partial charge in [-0.05, 0) is 38.2 Å². The number of piperidine rings is 1. The average molecular weight is 411 g/mol. The molecule has 5 rings (SSSR count). The van der Waals surface area contributed by atoms with Crippen LogP contribution >= 0.6 is 0 Å². The molecule has 7 nitrogen and oxygen atoms in total. The van der Waals surface area contributed by atoms with E-state index in [1.807, 2.05) is 11.8 Å². The minimum absolute atomic E-state index is 0.00846. The van der Waals surface area contributed by atoms with Crippen LogP contribution in [0.4, 0.5) is 4.39 Å². The third-order valence-corrected chi connectivity index (χ3v) is 7.34. The fourth-order valence-corrected chi connectivity index (χ4v) is 5.77. The smallest absolute Gasteiger partial charge is 0.242 e. The summed E-state index contributed by atoms with van der Waals surface area (Å²) in [5.41, 5.74) is 6.76. The van der Waals surface area contributed by atoms with Gasteiger partial charge in [0, 0.05) is 30.7 Å². The number of hydrogen-bond donors (Lipinski definition) is 1. The number of likely N-dealkylation sites (tertiary alicyclic amines) is 3. The highest BCUT2D eigenvalue weighted by Crippen LogP contribution is 2.48. The van der Waals surface area contributed by atoms with Crippen molar-refractivity contribution in [2.45, 2.75) is 62.4 Å². The molecular formula is C22H26FN5O2. The van der Waals surface area contributed by atoms with E-state index in [9.17, 15) is 19.2 Å². The lowest BCUT2D eigenvalue weighted by Gasteiger charge is -2.38. The fourth-order valence-electron chi connectivity index (χ4n) is 5.77. The first-order chi connectivity index (χ1) is 14.4. The Labute approximate surface area is 175 Å². The van der Waals surface area contributed by atoms with E-state index in [2.05, 4.69) is 6.07 Å². The SMILES string of the molecule is C[C@H](c1ccccc1F)N1C(=O)[C@@H]2C[C@H]1CN2C[C@H](N)C(=O)N1[C@H](C#N)C[C@@H]2C[C@@H]21. The summed E-state index contributed by atoms with van der Waals surface area (Å²) in [7, 11) is 0. The lowest BCUT2D eigenvalue weighted by Crippen LogP contribution is -2.57. The maximum Gasteiger partial charge on any atom is 0.242 e. The lowest BCUT2D eigenvalue weighted by molar-refractivity contribution is -0.141. The highest BCUT2D eigenvalue weighted by Gasteiger charge is 2.56. The molecule has 8 heteroatoms. The Morgan fingerprint density at radius 1 is 1.33 bits per heavy atom. The van der Waals surface area contributed by atoms with E-state index in [0.717, 1.165) is 12.8 Å². The number of nitrogens with two attached hydrogens (primary N) is 1. The highest BCUT2D eigenvalue weighted by atomic mass is 19.1. The molecule has 30 heavy (non-hydrogen) atoms. The van der Waals surface area contributed by atoms with Crippen LogP contribution in [0.1, 0.15) is 37.8 Å². The molecule has 0 radical (unpaired) electrons. The van der Waals surface area contributed by atoms with Gasteiger partial charge < -0.3 is 15.5 Å². The molecule has 1 saturated carbocycles. The number of rotatable bonds is 5. The van der Waals surface area contributed by atoms with Gasteiger partial charge in [0.15, 0.2) is 0 Å². The Morgan fingerprint density at radius 2 is 2.10 bits per heavy atom. The zero-order valence-corrected chi connectivity index (χ0v) is 16.9. The largest absolute Gasteiger partial charge is 0.330 e. The van der Waals surface area contributed by atoms with Crippen molar-refractivity contribution < 1.29 is 14.0 Å². The third kappa shape index (κ3) is 2.91. The molecule has 1 aromatic carbocycles. The normalized spacial score (nSPS) is 34.1. The number of benzene rings is 1. The minimum Gasteiger partial charge on any atom is -0.330 e. The summed E-state index contributed by atoms with van der Waals surface area (Å²) in [4.78, 5) is 31.4. The summed E-state index contributed by atoms with van der Waals surface area (Å²) in [6, 6.07) is 7.17. The molecule has 0 unspecified atom stereocenters. The fraction of sp³-hybridized carbons (Fsp3) is 0.591. The van der Waals surface area contributed by atoms with Gasteiger partial charge in [-0.25, -0.2) is 4.39 Å². The van der Waals surface area contributed by atoms with Gasteiger partial charge in [0.2, 0.25) is 11.8 Å². The predicted octanol–water partition coefficient (Wildman–Crippen LogP) is 1.01. The van der Waals surface area contributed by atoms with Gasteiger partial charge in [-0.1, -0.05) is 18.2 Å². The zero-order valence-electron chi connectivity index (χ0n) is 16.9. The van der Waals surface area contributed by atoms with Crippen molar-refractivity contribution in [1.82, 2.24) is 14.7 Å². The second-order valence-electron chi connectivity index (χ2n) is 9.10. The highest BCUT2D eigenvalue weighted by molar-refractivity contribution is 5.87. The number of amides is 2. The quantitative estimate of drug-likeness (QED) is 0.781. The van der Waals surface area contributed by atoms with Crippen LogP contribution in [0.5, 0.6) is 0 Å². The van der Waals surface area contributed by atoms with Crippen molar-refractivity contribution in [2.24, 2.45) is 11.7 Å². The van der Waals surface area contributed by atoms with Crippen LogP contribution in [0.2, 0.25) is 0 Å². The Hall–Kier alpha value is -2.50. The monoisotopic (exact) mass is 411 g/mol. The first-order valence-corrected chi connectivity index (χ1v) is 10.7. The number of carbonyl (C=O) groups excluding carboxylic acids is 2. The topological polar surface area (TPSA) is 93.7 Å². The van der Waals surface area contributed by atoms with E-state index < -0.39 is 6.04 Å². The first kappa shape index (κ1) is 19.5. The van der Waals surface area contributed by atoms with Crippen LogP contribution < -0.4 is 5.73 Å². The third-order valence-electron chi connectivity index (χ3n) is 7.34. The summed E-state index contributed by atoms with van der Waals surface area (Å²) in [6.45, 7) is 2.79. The predicted molar refractivity (Wildman–Crippen MR) is 106 cm³/mol. The van der Waals surface area contributed by atoms with Crippen LogP contribution in [-0.4, -0.2) is 69.8 Å². The summed E-state index contributed by atoms with van der Waals surface area (Å²) in [5.74, 6) is -0.0666. The first-order valence-electron chi connectivity index (χ1n) is 10.7. The van der Waals surface area contributed by atoms with Crippen LogP contribution in [0, 0.1) is 23.1 Å². The zero-order chi connectivity index (χ0) is 21.2. The van der Waals surface area contributed by atoms with E-state index in [-0.39, 0.29) is 47.8 Å². The molecular weight excluding hydrogens is 385 g/mol. The van der Waals surface area contributed by atoms with Crippen molar-refractivity contribution in [3.63, 3.8) is 0 Å². The molecule has 0 aromatic heterocycles. The van der Waals surface area contributed by atoms with E-state index in [1.165, 1.54) is 6.07 Å². The van der Waals surface area contributed by atoms with E-state index in [4.69, 9.17) is 5.73 Å². The Morgan fingerprint density at radius 3 is 2.80 bits per heavy atom. The molecule has 0 spiro atoms. The number of piperazine rings is 1. The lowest BCUT2D eigenvalue weighted by atomic mass is 10.0. The summed E-state index contributed by atoms with van der Waals surface area (Å²) < 4.78 is 14.2. The van der Waals surface area contributed by atoms with Crippen molar-refractivity contribution >= 4 is 11.8 Å². The van der Waals surface area contributed by atoms with Gasteiger partial charge in [-0.3, -0.25) is 14.5 Å². The average Bonchev–Trinajstić information content (AvgIpc) is 3.07. The molecule has 2 amide bonds. The molecule has 2 N–H and O–H groups in total. The van der Waals surface area contributed by atoms with Crippen LogP contribution in [0.3, 0.4) is 0 Å². The molecule has 158 valence electrons. The number of nitrogens with zero attached hydrogens (tertiary/aromatic N) is 4. The van der Waals surface area contributed by atoms with E-state index in [1.54, 1.807) is 28.0 Å². The van der Waals surface area contributed by atoms with Crippen LogP contribution in [-0.2, 0) is 9.59 Å². The van der Waals surface area contributed by atoms with Crippen molar-refractivity contribution in [3.8, 4) is 6.07 Å². The standard InChI is InChI=1S/C22H26FN5O2/c1-12(16-4-2-3-5-17(16)23)27-15-8-20(22(27)30)26(10-15)11-18(25)21(29)28-14(9-24)6-13-7-19(13)28/h2-5,12-15,18-20H,6-8,10-11,25H2,1H3/t12-,13-,14+,15+,18+,19+,20+/m1/s1. The van der Waals surface area contributed by atoms with E-state index in [0.29, 0.717) is 31.0 Å². The maximum atomic E-state index is 14.2. The molecule has 1 aliphatic carbocycles. The number of nitriles is 1. The Bertz CT molecular complexity index is 932. The number of fused-ring (bicyclic) bond motifs is 3. The van der Waals surface area contributed by atoms with Crippen LogP contribution in [0.25, 0.3) is 0 Å². The molecule has 3 aliphatic heterocycles. The molecule has 7 atom stereocenters. The van der Waals surface area contributed by atoms with Gasteiger partial charge in [0.1, 0.15) is 11.9 Å². The van der Waals surface area contributed by atoms with E-state index >= 15 is 0 Å². The van der Waals surface area contributed by atoms with Crippen molar-refractivity contribution in [2.75, 3.05) is 13.1 Å². The van der Waals surface area contributed by atoms with Crippen LogP contribution in [0.15, 0.2) is 24.3 Å². The second-order valence-corrected chi connectivity index (χ2v) is 9.10. The number of hydrogen-bond acceptors (Lipinski definition) is 5. The molecule has 1 aromatic rings. The summed E-state index contributed by atoms with van der Waals surface area (Å²) in [6.07, 6.45) is 2.38. The Balaban J connectivity index is 1.24. The molecule has 3 heterocycles. The number of halogens is 1. The molecule has 2 bridgehead atoms. The molecule has 4 fully saturated rings. The van der Waals surface area contributed by atoms with Gasteiger partial charge in [-0.15, -0.1) is 0 Å². The summed E-state index contributed by atoms with van der Waals surface area (Å²) >= 11 is 0. The number of carbonyl (C=O) groups is 2. The second kappa shape index (κ2) is 7.03. The summed E-state index contributed by atoms with van der Waals surface area (Å²) in [5, 5.41) is 9.33. The van der Waals surface area contributed by atoms with Crippen molar-refractivity contribution in [1.29, 1.82) is 5.26 Å². The molecule has 4 aliphatic rings. The van der Waals surface area contributed by atoms with Gasteiger partial charge in [-0.2, -0.15) is 5.26 Å².